The molecule has 0 aliphatic carbocycles. The Labute approximate surface area is 140 Å². The predicted octanol–water partition coefficient (Wildman–Crippen LogP) is 3.04. The standard InChI is InChI=1S/C18H21N5O/c1-2-23-12-21-16-17(19-11-20-18(16)23)22-15(14-8-9-24-10-14)13-6-4-3-5-7-13/h3-7,11-12,14-15H,2,8-10H2,1H3,(H,19,20,22). The fourth-order valence-corrected chi connectivity index (χ4v) is 3.31. The number of hydrogen-bond donors (Lipinski definition) is 1. The lowest BCUT2D eigenvalue weighted by Gasteiger charge is -2.24. The van der Waals surface area contributed by atoms with Crippen molar-refractivity contribution < 1.29 is 4.74 Å². The molecular weight excluding hydrogens is 302 g/mol. The SMILES string of the molecule is CCn1cnc2c(NC(c3ccccc3)C3CCOC3)ncnc21. The summed E-state index contributed by atoms with van der Waals surface area (Å²) in [5.41, 5.74) is 2.93. The van der Waals surface area contributed by atoms with Gasteiger partial charge in [-0.25, -0.2) is 15.0 Å². The fraction of sp³-hybridized carbons (Fsp3) is 0.389. The van der Waals surface area contributed by atoms with Gasteiger partial charge in [-0.15, -0.1) is 0 Å². The number of ether oxygens (including phenoxy) is 1. The Morgan fingerprint density at radius 2 is 2.12 bits per heavy atom. The summed E-state index contributed by atoms with van der Waals surface area (Å²) in [4.78, 5) is 13.3. The first-order valence-corrected chi connectivity index (χ1v) is 8.42. The van der Waals surface area contributed by atoms with Crippen molar-refractivity contribution in [1.82, 2.24) is 19.5 Å². The summed E-state index contributed by atoms with van der Waals surface area (Å²) in [5.74, 6) is 1.21. The predicted molar refractivity (Wildman–Crippen MR) is 92.7 cm³/mol. The molecule has 1 aliphatic rings. The molecule has 124 valence electrons. The van der Waals surface area contributed by atoms with Crippen molar-refractivity contribution >= 4 is 17.0 Å². The van der Waals surface area contributed by atoms with Crippen LogP contribution in [-0.4, -0.2) is 32.7 Å². The van der Waals surface area contributed by atoms with Gasteiger partial charge in [-0.2, -0.15) is 0 Å². The van der Waals surface area contributed by atoms with Gasteiger partial charge in [0.1, 0.15) is 11.8 Å². The summed E-state index contributed by atoms with van der Waals surface area (Å²) in [6, 6.07) is 10.6. The summed E-state index contributed by atoms with van der Waals surface area (Å²) in [7, 11) is 0. The molecule has 0 amide bonds. The fourth-order valence-electron chi connectivity index (χ4n) is 3.31. The highest BCUT2D eigenvalue weighted by molar-refractivity contribution is 5.82. The summed E-state index contributed by atoms with van der Waals surface area (Å²) in [6.45, 7) is 4.51. The van der Waals surface area contributed by atoms with Crippen LogP contribution in [-0.2, 0) is 11.3 Å². The molecule has 2 atom stereocenters. The van der Waals surface area contributed by atoms with Crippen molar-refractivity contribution in [3.05, 3.63) is 48.5 Å². The second kappa shape index (κ2) is 6.57. The molecule has 3 heterocycles. The van der Waals surface area contributed by atoms with Gasteiger partial charge in [0.2, 0.25) is 0 Å². The second-order valence-electron chi connectivity index (χ2n) is 6.08. The van der Waals surface area contributed by atoms with Crippen LogP contribution < -0.4 is 5.32 Å². The summed E-state index contributed by atoms with van der Waals surface area (Å²) in [6.07, 6.45) is 4.47. The number of hydrogen-bond acceptors (Lipinski definition) is 5. The van der Waals surface area contributed by atoms with Crippen LogP contribution in [0.15, 0.2) is 43.0 Å². The zero-order valence-corrected chi connectivity index (χ0v) is 13.7. The van der Waals surface area contributed by atoms with Crippen molar-refractivity contribution in [1.29, 1.82) is 0 Å². The van der Waals surface area contributed by atoms with E-state index in [-0.39, 0.29) is 6.04 Å². The normalized spacial score (nSPS) is 18.8. The minimum absolute atomic E-state index is 0.151. The summed E-state index contributed by atoms with van der Waals surface area (Å²) < 4.78 is 7.64. The molecule has 6 nitrogen and oxygen atoms in total. The van der Waals surface area contributed by atoms with E-state index in [2.05, 4.69) is 51.5 Å². The highest BCUT2D eigenvalue weighted by Gasteiger charge is 2.28. The molecule has 4 rings (SSSR count). The number of nitrogens with one attached hydrogen (secondary N) is 1. The van der Waals surface area contributed by atoms with Crippen molar-refractivity contribution in [2.24, 2.45) is 5.92 Å². The van der Waals surface area contributed by atoms with E-state index in [4.69, 9.17) is 4.74 Å². The van der Waals surface area contributed by atoms with Crippen LogP contribution in [0, 0.1) is 5.92 Å². The van der Waals surface area contributed by atoms with Crippen molar-refractivity contribution in [2.75, 3.05) is 18.5 Å². The maximum atomic E-state index is 5.61. The van der Waals surface area contributed by atoms with Gasteiger partial charge in [0, 0.05) is 19.1 Å². The lowest BCUT2D eigenvalue weighted by molar-refractivity contribution is 0.182. The van der Waals surface area contributed by atoms with Gasteiger partial charge in [-0.1, -0.05) is 30.3 Å². The third-order valence-corrected chi connectivity index (χ3v) is 4.63. The number of benzene rings is 1. The molecule has 24 heavy (non-hydrogen) atoms. The first-order chi connectivity index (χ1) is 11.9. The van der Waals surface area contributed by atoms with Gasteiger partial charge in [0.25, 0.3) is 0 Å². The van der Waals surface area contributed by atoms with Crippen LogP contribution in [0.2, 0.25) is 0 Å². The van der Waals surface area contributed by atoms with E-state index in [9.17, 15) is 0 Å². The molecule has 0 bridgehead atoms. The van der Waals surface area contributed by atoms with Gasteiger partial charge in [0.05, 0.1) is 19.0 Å². The molecule has 2 aromatic heterocycles. The van der Waals surface area contributed by atoms with E-state index in [1.807, 2.05) is 17.0 Å². The maximum Gasteiger partial charge on any atom is 0.165 e. The Hall–Kier alpha value is -2.47. The topological polar surface area (TPSA) is 64.9 Å². The van der Waals surface area contributed by atoms with Crippen LogP contribution in [0.5, 0.6) is 0 Å². The smallest absolute Gasteiger partial charge is 0.165 e. The highest BCUT2D eigenvalue weighted by Crippen LogP contribution is 2.32. The number of nitrogens with zero attached hydrogens (tertiary/aromatic N) is 4. The third-order valence-electron chi connectivity index (χ3n) is 4.63. The van der Waals surface area contributed by atoms with Crippen molar-refractivity contribution in [3.8, 4) is 0 Å². The lowest BCUT2D eigenvalue weighted by Crippen LogP contribution is -2.22. The Kier molecular flexibility index (Phi) is 4.13. The zero-order chi connectivity index (χ0) is 16.4. The Bertz CT molecular complexity index is 811. The molecule has 1 fully saturated rings. The third kappa shape index (κ3) is 2.73. The summed E-state index contributed by atoms with van der Waals surface area (Å²) >= 11 is 0. The lowest BCUT2D eigenvalue weighted by atomic mass is 9.92. The molecule has 0 spiro atoms. The number of imidazole rings is 1. The first kappa shape index (κ1) is 15.1. The monoisotopic (exact) mass is 323 g/mol. The number of aryl methyl sites for hydroxylation is 1. The molecule has 0 saturated carbocycles. The van der Waals surface area contributed by atoms with Gasteiger partial charge >= 0.3 is 0 Å². The average molecular weight is 323 g/mol. The van der Waals surface area contributed by atoms with Crippen LogP contribution >= 0.6 is 0 Å². The largest absolute Gasteiger partial charge is 0.381 e. The number of anilines is 1. The molecule has 1 aromatic carbocycles. The van der Waals surface area contributed by atoms with Gasteiger partial charge in [-0.05, 0) is 18.9 Å². The number of aromatic nitrogens is 4. The van der Waals surface area contributed by atoms with Gasteiger partial charge in [-0.3, -0.25) is 0 Å². The quantitative estimate of drug-likeness (QED) is 0.782. The highest BCUT2D eigenvalue weighted by atomic mass is 16.5. The molecule has 0 radical (unpaired) electrons. The second-order valence-corrected chi connectivity index (χ2v) is 6.08. The number of fused-ring (bicyclic) bond motifs is 1. The van der Waals surface area contributed by atoms with E-state index in [0.717, 1.165) is 43.2 Å². The Morgan fingerprint density at radius 1 is 1.25 bits per heavy atom. The molecule has 2 unspecified atom stereocenters. The van der Waals surface area contributed by atoms with Crippen LogP contribution in [0.25, 0.3) is 11.2 Å². The Morgan fingerprint density at radius 3 is 2.88 bits per heavy atom. The van der Waals surface area contributed by atoms with E-state index < -0.39 is 0 Å². The summed E-state index contributed by atoms with van der Waals surface area (Å²) in [5, 5.41) is 3.61. The first-order valence-electron chi connectivity index (χ1n) is 8.42. The van der Waals surface area contributed by atoms with E-state index in [1.165, 1.54) is 5.56 Å². The molecule has 3 aromatic rings. The van der Waals surface area contributed by atoms with Crippen LogP contribution in [0.4, 0.5) is 5.82 Å². The minimum atomic E-state index is 0.151. The van der Waals surface area contributed by atoms with E-state index in [0.29, 0.717) is 5.92 Å². The van der Waals surface area contributed by atoms with E-state index >= 15 is 0 Å². The Balaban J connectivity index is 1.71. The number of rotatable bonds is 5. The van der Waals surface area contributed by atoms with Gasteiger partial charge in [0.15, 0.2) is 11.5 Å². The molecular formula is C18H21N5O. The maximum absolute atomic E-state index is 5.61. The van der Waals surface area contributed by atoms with Crippen molar-refractivity contribution in [3.63, 3.8) is 0 Å². The van der Waals surface area contributed by atoms with Crippen LogP contribution in [0.1, 0.15) is 24.9 Å². The molecule has 1 N–H and O–H groups in total. The van der Waals surface area contributed by atoms with Crippen LogP contribution in [0.3, 0.4) is 0 Å². The molecule has 1 aliphatic heterocycles. The average Bonchev–Trinajstić information content (AvgIpc) is 3.30. The van der Waals surface area contributed by atoms with E-state index in [1.54, 1.807) is 6.33 Å². The zero-order valence-electron chi connectivity index (χ0n) is 13.7. The molecule has 6 heteroatoms. The van der Waals surface area contributed by atoms with Gasteiger partial charge < -0.3 is 14.6 Å². The molecule has 1 saturated heterocycles. The van der Waals surface area contributed by atoms with Crippen molar-refractivity contribution in [2.45, 2.75) is 25.9 Å². The minimum Gasteiger partial charge on any atom is -0.381 e.